The minimum Gasteiger partial charge on any atom is -0.507 e. The maximum Gasteiger partial charge on any atom is 0.165 e. The average molecular weight is 350 g/mol. The average Bonchev–Trinajstić information content (AvgIpc) is 2.61. The Morgan fingerprint density at radius 2 is 1.85 bits per heavy atom. The lowest BCUT2D eigenvalue weighted by Crippen LogP contribution is -2.30. The molecule has 0 amide bonds. The Morgan fingerprint density at radius 1 is 1.08 bits per heavy atom. The quantitative estimate of drug-likeness (QED) is 0.623. The molecule has 0 saturated heterocycles. The Bertz CT molecular complexity index is 908. The summed E-state index contributed by atoms with van der Waals surface area (Å²) < 4.78 is 0. The zero-order valence-corrected chi connectivity index (χ0v) is 15.5. The standard InChI is InChI=1S/C21H26N4O/c1-13(2)11-15(22)12-23-20-16-8-4-5-10-18(16)24-21(25-20)17-9-6-7-14(3)19(17)26/h4-10,13,15,26H,11-12,22H2,1-3H3,(H,23,24,25). The van der Waals surface area contributed by atoms with E-state index in [-0.39, 0.29) is 11.8 Å². The first-order chi connectivity index (χ1) is 12.5. The molecule has 3 rings (SSSR count). The third kappa shape index (κ3) is 3.94. The van der Waals surface area contributed by atoms with Gasteiger partial charge in [-0.1, -0.05) is 38.1 Å². The molecule has 26 heavy (non-hydrogen) atoms. The summed E-state index contributed by atoms with van der Waals surface area (Å²) in [6, 6.07) is 13.5. The van der Waals surface area contributed by atoms with Crippen LogP contribution in [0.3, 0.4) is 0 Å². The van der Waals surface area contributed by atoms with Crippen molar-refractivity contribution >= 4 is 16.7 Å². The Morgan fingerprint density at radius 3 is 2.62 bits per heavy atom. The van der Waals surface area contributed by atoms with Crippen molar-refractivity contribution in [2.75, 3.05) is 11.9 Å². The molecule has 0 spiro atoms. The molecule has 4 N–H and O–H groups in total. The molecule has 0 bridgehead atoms. The number of phenols is 1. The van der Waals surface area contributed by atoms with Gasteiger partial charge in [0.1, 0.15) is 11.6 Å². The van der Waals surface area contributed by atoms with Gasteiger partial charge in [0.15, 0.2) is 5.82 Å². The number of aryl methyl sites for hydroxylation is 1. The zero-order valence-electron chi connectivity index (χ0n) is 15.5. The molecule has 5 heteroatoms. The van der Waals surface area contributed by atoms with Crippen molar-refractivity contribution in [3.05, 3.63) is 48.0 Å². The second kappa shape index (κ2) is 7.70. The highest BCUT2D eigenvalue weighted by Gasteiger charge is 2.14. The fourth-order valence-corrected chi connectivity index (χ4v) is 3.09. The van der Waals surface area contributed by atoms with Crippen LogP contribution < -0.4 is 11.1 Å². The van der Waals surface area contributed by atoms with E-state index in [0.717, 1.165) is 28.7 Å². The van der Waals surface area contributed by atoms with E-state index in [9.17, 15) is 5.11 Å². The van der Waals surface area contributed by atoms with Crippen molar-refractivity contribution < 1.29 is 5.11 Å². The lowest BCUT2D eigenvalue weighted by atomic mass is 10.0. The minimum absolute atomic E-state index is 0.0551. The largest absolute Gasteiger partial charge is 0.507 e. The maximum atomic E-state index is 10.4. The predicted molar refractivity (Wildman–Crippen MR) is 107 cm³/mol. The fourth-order valence-electron chi connectivity index (χ4n) is 3.09. The molecular formula is C21H26N4O. The molecule has 2 aromatic carbocycles. The van der Waals surface area contributed by atoms with E-state index >= 15 is 0 Å². The number of phenolic OH excluding ortho intramolecular Hbond substituents is 1. The number of anilines is 1. The molecule has 1 atom stereocenters. The summed E-state index contributed by atoms with van der Waals surface area (Å²) in [5.41, 5.74) is 8.47. The van der Waals surface area contributed by atoms with E-state index in [1.165, 1.54) is 0 Å². The van der Waals surface area contributed by atoms with Crippen LogP contribution in [-0.4, -0.2) is 27.7 Å². The monoisotopic (exact) mass is 350 g/mol. The number of nitrogens with zero attached hydrogens (tertiary/aromatic N) is 2. The molecule has 1 heterocycles. The molecule has 1 aromatic heterocycles. The van der Waals surface area contributed by atoms with Gasteiger partial charge in [0.25, 0.3) is 0 Å². The number of aromatic hydroxyl groups is 1. The third-order valence-electron chi connectivity index (χ3n) is 4.39. The Kier molecular flexibility index (Phi) is 5.38. The molecule has 5 nitrogen and oxygen atoms in total. The van der Waals surface area contributed by atoms with E-state index < -0.39 is 0 Å². The Balaban J connectivity index is 2.00. The number of fused-ring (bicyclic) bond motifs is 1. The van der Waals surface area contributed by atoms with Crippen LogP contribution >= 0.6 is 0 Å². The maximum absolute atomic E-state index is 10.4. The van der Waals surface area contributed by atoms with Gasteiger partial charge < -0.3 is 16.2 Å². The predicted octanol–water partition coefficient (Wildman–Crippen LogP) is 4.10. The van der Waals surface area contributed by atoms with Crippen LogP contribution in [0.1, 0.15) is 25.8 Å². The van der Waals surface area contributed by atoms with Crippen LogP contribution in [0.5, 0.6) is 5.75 Å². The first-order valence-electron chi connectivity index (χ1n) is 9.01. The van der Waals surface area contributed by atoms with Crippen LogP contribution in [0.4, 0.5) is 5.82 Å². The number of nitrogens with two attached hydrogens (primary N) is 1. The molecule has 0 radical (unpaired) electrons. The van der Waals surface area contributed by atoms with Crippen LogP contribution in [0, 0.1) is 12.8 Å². The lowest BCUT2D eigenvalue weighted by molar-refractivity contribution is 0.472. The number of hydrogen-bond acceptors (Lipinski definition) is 5. The van der Waals surface area contributed by atoms with Crippen molar-refractivity contribution in [2.45, 2.75) is 33.2 Å². The van der Waals surface area contributed by atoms with E-state index in [1.54, 1.807) is 0 Å². The normalized spacial score (nSPS) is 12.5. The van der Waals surface area contributed by atoms with E-state index in [1.807, 2.05) is 49.4 Å². The number of nitrogens with one attached hydrogen (secondary N) is 1. The third-order valence-corrected chi connectivity index (χ3v) is 4.39. The molecule has 0 aliphatic rings. The van der Waals surface area contributed by atoms with Gasteiger partial charge in [-0.2, -0.15) is 0 Å². The molecule has 0 saturated carbocycles. The summed E-state index contributed by atoms with van der Waals surface area (Å²) in [4.78, 5) is 9.33. The van der Waals surface area contributed by atoms with Crippen molar-refractivity contribution in [3.63, 3.8) is 0 Å². The Hall–Kier alpha value is -2.66. The summed E-state index contributed by atoms with van der Waals surface area (Å²) in [6.07, 6.45) is 0.946. The van der Waals surface area contributed by atoms with Gasteiger partial charge in [-0.15, -0.1) is 0 Å². The van der Waals surface area contributed by atoms with Crippen LogP contribution in [0.15, 0.2) is 42.5 Å². The van der Waals surface area contributed by atoms with Gasteiger partial charge in [0.2, 0.25) is 0 Å². The van der Waals surface area contributed by atoms with Gasteiger partial charge in [-0.25, -0.2) is 9.97 Å². The first kappa shape index (κ1) is 18.1. The van der Waals surface area contributed by atoms with Crippen molar-refractivity contribution in [1.29, 1.82) is 0 Å². The number of aromatic nitrogens is 2. The van der Waals surface area contributed by atoms with Gasteiger partial charge in [-0.3, -0.25) is 0 Å². The van der Waals surface area contributed by atoms with Crippen LogP contribution in [-0.2, 0) is 0 Å². The Labute approximate surface area is 154 Å². The van der Waals surface area contributed by atoms with E-state index in [4.69, 9.17) is 5.73 Å². The van der Waals surface area contributed by atoms with Crippen molar-refractivity contribution in [2.24, 2.45) is 11.7 Å². The van der Waals surface area contributed by atoms with Crippen molar-refractivity contribution in [1.82, 2.24) is 9.97 Å². The van der Waals surface area contributed by atoms with Gasteiger partial charge in [-0.05, 0) is 43.0 Å². The summed E-state index contributed by atoms with van der Waals surface area (Å²) >= 11 is 0. The highest BCUT2D eigenvalue weighted by molar-refractivity contribution is 5.91. The topological polar surface area (TPSA) is 84.1 Å². The number of hydrogen-bond donors (Lipinski definition) is 3. The summed E-state index contributed by atoms with van der Waals surface area (Å²) in [5, 5.41) is 14.7. The highest BCUT2D eigenvalue weighted by atomic mass is 16.3. The zero-order chi connectivity index (χ0) is 18.7. The molecule has 3 aromatic rings. The SMILES string of the molecule is Cc1cccc(-c2nc(NCC(N)CC(C)C)c3ccccc3n2)c1O. The molecular weight excluding hydrogens is 324 g/mol. The van der Waals surface area contributed by atoms with Crippen molar-refractivity contribution in [3.8, 4) is 17.1 Å². The molecule has 0 aliphatic heterocycles. The second-order valence-electron chi connectivity index (χ2n) is 7.15. The molecule has 136 valence electrons. The molecule has 0 aliphatic carbocycles. The number of benzene rings is 2. The fraction of sp³-hybridized carbons (Fsp3) is 0.333. The van der Waals surface area contributed by atoms with E-state index in [0.29, 0.717) is 23.9 Å². The van der Waals surface area contributed by atoms with Gasteiger partial charge in [0.05, 0.1) is 11.1 Å². The summed E-state index contributed by atoms with van der Waals surface area (Å²) in [5.74, 6) is 2.01. The summed E-state index contributed by atoms with van der Waals surface area (Å²) in [6.45, 7) is 6.83. The van der Waals surface area contributed by atoms with Crippen LogP contribution in [0.25, 0.3) is 22.3 Å². The number of rotatable bonds is 6. The molecule has 1 unspecified atom stereocenters. The lowest BCUT2D eigenvalue weighted by Gasteiger charge is -2.17. The highest BCUT2D eigenvalue weighted by Crippen LogP contribution is 2.32. The van der Waals surface area contributed by atoms with Gasteiger partial charge >= 0.3 is 0 Å². The van der Waals surface area contributed by atoms with Crippen LogP contribution in [0.2, 0.25) is 0 Å². The van der Waals surface area contributed by atoms with E-state index in [2.05, 4.69) is 29.1 Å². The number of para-hydroxylation sites is 2. The smallest absolute Gasteiger partial charge is 0.165 e. The minimum atomic E-state index is 0.0551. The summed E-state index contributed by atoms with van der Waals surface area (Å²) in [7, 11) is 0. The van der Waals surface area contributed by atoms with Gasteiger partial charge in [0, 0.05) is 18.0 Å². The molecule has 0 fully saturated rings. The second-order valence-corrected chi connectivity index (χ2v) is 7.15. The first-order valence-corrected chi connectivity index (χ1v) is 9.01.